The highest BCUT2D eigenvalue weighted by Crippen LogP contribution is 2.33. The van der Waals surface area contributed by atoms with E-state index >= 15 is 0 Å². The van der Waals surface area contributed by atoms with Crippen molar-refractivity contribution in [1.29, 1.82) is 0 Å². The topological polar surface area (TPSA) is 61.9 Å². The zero-order chi connectivity index (χ0) is 20.3. The third-order valence-electron chi connectivity index (χ3n) is 5.40. The number of anilines is 2. The zero-order valence-electron chi connectivity index (χ0n) is 17.5. The van der Waals surface area contributed by atoms with E-state index < -0.39 is 0 Å². The van der Waals surface area contributed by atoms with Crippen LogP contribution in [0.2, 0.25) is 0 Å². The normalized spacial score (nSPS) is 19.0. The molecule has 0 radical (unpaired) electrons. The van der Waals surface area contributed by atoms with Crippen molar-refractivity contribution in [2.75, 3.05) is 37.5 Å². The van der Waals surface area contributed by atoms with E-state index in [9.17, 15) is 9.59 Å². The van der Waals surface area contributed by atoms with Gasteiger partial charge in [0.2, 0.25) is 11.8 Å². The second-order valence-corrected chi connectivity index (χ2v) is 8.51. The summed E-state index contributed by atoms with van der Waals surface area (Å²) in [7, 11) is 4.00. The molecule has 0 spiro atoms. The molecule has 1 saturated heterocycles. The van der Waals surface area contributed by atoms with E-state index in [0.717, 1.165) is 49.2 Å². The molecule has 3 rings (SSSR count). The summed E-state index contributed by atoms with van der Waals surface area (Å²) in [6.45, 7) is 5.72. The van der Waals surface area contributed by atoms with Crippen LogP contribution in [0.1, 0.15) is 45.1 Å². The van der Waals surface area contributed by atoms with Gasteiger partial charge in [0, 0.05) is 57.0 Å². The molecule has 1 N–H and O–H groups in total. The first-order valence-corrected chi connectivity index (χ1v) is 10.4. The van der Waals surface area contributed by atoms with Gasteiger partial charge in [0.15, 0.2) is 0 Å². The minimum absolute atomic E-state index is 0.00572. The lowest BCUT2D eigenvalue weighted by Gasteiger charge is -2.28. The van der Waals surface area contributed by atoms with Crippen LogP contribution >= 0.6 is 0 Å². The first-order chi connectivity index (χ1) is 13.3. The van der Waals surface area contributed by atoms with Gasteiger partial charge in [0.25, 0.3) is 0 Å². The second-order valence-electron chi connectivity index (χ2n) is 8.51. The van der Waals surface area contributed by atoms with Gasteiger partial charge >= 0.3 is 0 Å². The monoisotopic (exact) mass is 387 g/mol. The van der Waals surface area contributed by atoms with Crippen LogP contribution in [-0.4, -0.2) is 50.1 Å². The third-order valence-corrected chi connectivity index (χ3v) is 5.40. The SMILES string of the molecule is CC(C)C(=O)Nc1ccc(N(C)C)c(CN(C[C@H]2CCCO2)C(=O)C2CC2)c1. The Labute approximate surface area is 168 Å². The molecule has 1 aliphatic carbocycles. The summed E-state index contributed by atoms with van der Waals surface area (Å²) in [5.41, 5.74) is 2.87. The van der Waals surface area contributed by atoms with Crippen molar-refractivity contribution in [1.82, 2.24) is 4.90 Å². The summed E-state index contributed by atoms with van der Waals surface area (Å²) in [5.74, 6) is 0.322. The highest BCUT2D eigenvalue weighted by molar-refractivity contribution is 5.92. The van der Waals surface area contributed by atoms with Gasteiger partial charge in [-0.05, 0) is 49.4 Å². The molecule has 0 bridgehead atoms. The second kappa shape index (κ2) is 8.95. The molecule has 0 unspecified atom stereocenters. The molecule has 28 heavy (non-hydrogen) atoms. The number of hydrogen-bond donors (Lipinski definition) is 1. The van der Waals surface area contributed by atoms with E-state index in [1.807, 2.05) is 51.0 Å². The van der Waals surface area contributed by atoms with Crippen LogP contribution in [-0.2, 0) is 20.9 Å². The quantitative estimate of drug-likeness (QED) is 0.744. The zero-order valence-corrected chi connectivity index (χ0v) is 17.5. The van der Waals surface area contributed by atoms with Gasteiger partial charge in [0.05, 0.1) is 6.10 Å². The number of nitrogens with one attached hydrogen (secondary N) is 1. The molecule has 1 atom stereocenters. The summed E-state index contributed by atoms with van der Waals surface area (Å²) in [6, 6.07) is 5.93. The van der Waals surface area contributed by atoms with Gasteiger partial charge in [-0.1, -0.05) is 13.8 Å². The maximum absolute atomic E-state index is 12.9. The van der Waals surface area contributed by atoms with Gasteiger partial charge in [-0.15, -0.1) is 0 Å². The van der Waals surface area contributed by atoms with Crippen molar-refractivity contribution >= 4 is 23.2 Å². The molecule has 1 aliphatic heterocycles. The Hall–Kier alpha value is -2.08. The van der Waals surface area contributed by atoms with Gasteiger partial charge in [-0.25, -0.2) is 0 Å². The molecule has 6 nitrogen and oxygen atoms in total. The van der Waals surface area contributed by atoms with Crippen LogP contribution in [0, 0.1) is 11.8 Å². The van der Waals surface area contributed by atoms with Crippen LogP contribution in [0.15, 0.2) is 18.2 Å². The van der Waals surface area contributed by atoms with Gasteiger partial charge < -0.3 is 19.9 Å². The Morgan fingerprint density at radius 1 is 1.21 bits per heavy atom. The van der Waals surface area contributed by atoms with Crippen molar-refractivity contribution in [3.63, 3.8) is 0 Å². The number of hydrogen-bond acceptors (Lipinski definition) is 4. The molecular formula is C22H33N3O3. The Kier molecular flexibility index (Phi) is 6.60. The lowest BCUT2D eigenvalue weighted by molar-refractivity contribution is -0.134. The highest BCUT2D eigenvalue weighted by atomic mass is 16.5. The van der Waals surface area contributed by atoms with E-state index in [2.05, 4.69) is 10.2 Å². The number of benzene rings is 1. The maximum Gasteiger partial charge on any atom is 0.226 e. The average Bonchev–Trinajstić information content (AvgIpc) is 3.37. The lowest BCUT2D eigenvalue weighted by Crippen LogP contribution is -2.38. The third kappa shape index (κ3) is 5.25. The van der Waals surface area contributed by atoms with Crippen molar-refractivity contribution < 1.29 is 14.3 Å². The number of nitrogens with zero attached hydrogens (tertiary/aromatic N) is 2. The summed E-state index contributed by atoms with van der Waals surface area (Å²) < 4.78 is 5.79. The number of carbonyl (C=O) groups is 2. The summed E-state index contributed by atoms with van der Waals surface area (Å²) in [4.78, 5) is 29.0. The first kappa shape index (κ1) is 20.6. The van der Waals surface area contributed by atoms with Crippen molar-refractivity contribution in [2.24, 2.45) is 11.8 Å². The number of carbonyl (C=O) groups excluding carboxylic acids is 2. The standard InChI is InChI=1S/C22H33N3O3/c1-15(2)21(26)23-18-9-10-20(24(3)4)17(12-18)13-25(22(27)16-7-8-16)14-19-6-5-11-28-19/h9-10,12,15-16,19H,5-8,11,13-14H2,1-4H3,(H,23,26)/t19-/m1/s1. The predicted octanol–water partition coefficient (Wildman–Crippen LogP) is 3.26. The smallest absolute Gasteiger partial charge is 0.226 e. The minimum atomic E-state index is -0.0792. The average molecular weight is 388 g/mol. The number of amides is 2. The van der Waals surface area contributed by atoms with Gasteiger partial charge in [-0.3, -0.25) is 9.59 Å². The van der Waals surface area contributed by atoms with E-state index in [4.69, 9.17) is 4.74 Å². The van der Waals surface area contributed by atoms with E-state index in [1.165, 1.54) is 0 Å². The number of ether oxygens (including phenoxy) is 1. The van der Waals surface area contributed by atoms with Crippen LogP contribution < -0.4 is 10.2 Å². The molecule has 2 amide bonds. The van der Waals surface area contributed by atoms with Gasteiger partial charge in [0.1, 0.15) is 0 Å². The fraction of sp³-hybridized carbons (Fsp3) is 0.636. The van der Waals surface area contributed by atoms with Crippen LogP contribution in [0.4, 0.5) is 11.4 Å². The molecule has 1 aromatic rings. The Bertz CT molecular complexity index is 707. The Morgan fingerprint density at radius 3 is 2.54 bits per heavy atom. The van der Waals surface area contributed by atoms with Crippen LogP contribution in [0.3, 0.4) is 0 Å². The molecule has 1 aromatic carbocycles. The van der Waals surface area contributed by atoms with E-state index in [1.54, 1.807) is 0 Å². The van der Waals surface area contributed by atoms with Gasteiger partial charge in [-0.2, -0.15) is 0 Å². The molecule has 2 fully saturated rings. The van der Waals surface area contributed by atoms with Crippen molar-refractivity contribution in [3.05, 3.63) is 23.8 Å². The molecule has 2 aliphatic rings. The number of rotatable bonds is 8. The highest BCUT2D eigenvalue weighted by Gasteiger charge is 2.35. The fourth-order valence-electron chi connectivity index (χ4n) is 3.57. The summed E-state index contributed by atoms with van der Waals surface area (Å²) in [5, 5.41) is 2.97. The van der Waals surface area contributed by atoms with Crippen molar-refractivity contribution in [2.45, 2.75) is 52.2 Å². The summed E-state index contributed by atoms with van der Waals surface area (Å²) >= 11 is 0. The van der Waals surface area contributed by atoms with E-state index in [-0.39, 0.29) is 29.8 Å². The van der Waals surface area contributed by atoms with E-state index in [0.29, 0.717) is 13.1 Å². The first-order valence-electron chi connectivity index (χ1n) is 10.4. The predicted molar refractivity (Wildman–Crippen MR) is 111 cm³/mol. The Balaban J connectivity index is 1.82. The Morgan fingerprint density at radius 2 is 1.96 bits per heavy atom. The minimum Gasteiger partial charge on any atom is -0.377 e. The molecule has 0 aromatic heterocycles. The van der Waals surface area contributed by atoms with Crippen molar-refractivity contribution in [3.8, 4) is 0 Å². The molecule has 6 heteroatoms. The van der Waals surface area contributed by atoms with Crippen LogP contribution in [0.25, 0.3) is 0 Å². The molecule has 1 heterocycles. The molecule has 154 valence electrons. The van der Waals surface area contributed by atoms with Crippen LogP contribution in [0.5, 0.6) is 0 Å². The molecular weight excluding hydrogens is 354 g/mol. The largest absolute Gasteiger partial charge is 0.377 e. The lowest BCUT2D eigenvalue weighted by atomic mass is 10.1. The summed E-state index contributed by atoms with van der Waals surface area (Å²) in [6.07, 6.45) is 4.20. The fourth-order valence-corrected chi connectivity index (χ4v) is 3.57. The maximum atomic E-state index is 12.9. The molecule has 1 saturated carbocycles.